The minimum Gasteiger partial charge on any atom is -0.453 e. The maximum absolute atomic E-state index is 12.2. The van der Waals surface area contributed by atoms with Gasteiger partial charge in [-0.1, -0.05) is 42.1 Å². The molecule has 0 saturated heterocycles. The minimum absolute atomic E-state index is 0.464. The highest BCUT2D eigenvalue weighted by Gasteiger charge is 2.22. The fourth-order valence-corrected chi connectivity index (χ4v) is 3.31. The van der Waals surface area contributed by atoms with Crippen molar-refractivity contribution in [1.82, 2.24) is 25.1 Å². The Morgan fingerprint density at radius 3 is 2.64 bits per heavy atom. The molecule has 2 aromatic heterocycles. The Kier molecular flexibility index (Phi) is 6.38. The van der Waals surface area contributed by atoms with Crippen molar-refractivity contribution in [3.63, 3.8) is 0 Å². The summed E-state index contributed by atoms with van der Waals surface area (Å²) in [5, 5.41) is 10.7. The summed E-state index contributed by atoms with van der Waals surface area (Å²) in [6.07, 6.45) is 2.61. The molecule has 0 aliphatic carbocycles. The quantitative estimate of drug-likeness (QED) is 0.639. The molecular weight excluding hydrogens is 378 g/mol. The van der Waals surface area contributed by atoms with Gasteiger partial charge >= 0.3 is 6.09 Å². The number of rotatable bonds is 6. The van der Waals surface area contributed by atoms with Crippen molar-refractivity contribution in [2.75, 3.05) is 7.11 Å². The van der Waals surface area contributed by atoms with Crippen LogP contribution in [0.25, 0.3) is 11.4 Å². The summed E-state index contributed by atoms with van der Waals surface area (Å²) in [4.78, 5) is 27.6. The van der Waals surface area contributed by atoms with Crippen molar-refractivity contribution in [3.05, 3.63) is 60.4 Å². The molecule has 1 atom stereocenters. The molecule has 3 rings (SSSR count). The first-order chi connectivity index (χ1) is 13.6. The van der Waals surface area contributed by atoms with Gasteiger partial charge in [0.05, 0.1) is 18.9 Å². The van der Waals surface area contributed by atoms with E-state index >= 15 is 0 Å². The first kappa shape index (κ1) is 19.6. The topological polar surface area (TPSA) is 99.0 Å². The molecule has 144 valence electrons. The molecule has 0 fully saturated rings. The Labute approximate surface area is 166 Å². The van der Waals surface area contributed by atoms with Gasteiger partial charge in [-0.25, -0.2) is 4.79 Å². The molecule has 8 nitrogen and oxygen atoms in total. The van der Waals surface area contributed by atoms with Crippen molar-refractivity contribution in [1.29, 1.82) is 0 Å². The molecule has 9 heteroatoms. The highest BCUT2D eigenvalue weighted by Crippen LogP contribution is 2.27. The van der Waals surface area contributed by atoms with E-state index in [1.807, 2.05) is 47.0 Å². The smallest absolute Gasteiger partial charge is 0.413 e. The van der Waals surface area contributed by atoms with Crippen LogP contribution in [-0.2, 0) is 16.1 Å². The van der Waals surface area contributed by atoms with Gasteiger partial charge in [0.2, 0.25) is 5.91 Å². The molecule has 0 bridgehead atoms. The van der Waals surface area contributed by atoms with Crippen LogP contribution in [0.1, 0.15) is 12.5 Å². The van der Waals surface area contributed by atoms with E-state index in [0.717, 1.165) is 11.1 Å². The average Bonchev–Trinajstić information content (AvgIpc) is 3.11. The fraction of sp³-hybridized carbons (Fsp3) is 0.211. The van der Waals surface area contributed by atoms with E-state index in [1.165, 1.54) is 18.9 Å². The zero-order valence-corrected chi connectivity index (χ0v) is 16.2. The summed E-state index contributed by atoms with van der Waals surface area (Å²) < 4.78 is 6.40. The Morgan fingerprint density at radius 1 is 1.18 bits per heavy atom. The second kappa shape index (κ2) is 9.14. The summed E-state index contributed by atoms with van der Waals surface area (Å²) in [6, 6.07) is 13.6. The van der Waals surface area contributed by atoms with Crippen LogP contribution in [0.2, 0.25) is 0 Å². The van der Waals surface area contributed by atoms with Gasteiger partial charge in [-0.2, -0.15) is 0 Å². The standard InChI is InChI=1S/C19H19N5O3S/c1-13(17(25)21-19(26)27-2)28-18-23-22-16(15-9-6-10-20-11-15)24(18)12-14-7-4-3-5-8-14/h3-11,13H,12H2,1-2H3,(H,21,25,26)/t13-/m0/s1. The lowest BCUT2D eigenvalue weighted by Crippen LogP contribution is -2.36. The normalized spacial score (nSPS) is 11.6. The average molecular weight is 397 g/mol. The number of imide groups is 1. The molecule has 28 heavy (non-hydrogen) atoms. The van der Waals surface area contributed by atoms with Crippen molar-refractivity contribution in [2.45, 2.75) is 23.9 Å². The van der Waals surface area contributed by atoms with E-state index in [1.54, 1.807) is 19.3 Å². The van der Waals surface area contributed by atoms with Gasteiger partial charge in [-0.3, -0.25) is 19.7 Å². The fourth-order valence-electron chi connectivity index (χ4n) is 2.46. The van der Waals surface area contributed by atoms with Crippen LogP contribution in [0.3, 0.4) is 0 Å². The number of aromatic nitrogens is 4. The minimum atomic E-state index is -0.792. The summed E-state index contributed by atoms with van der Waals surface area (Å²) in [6.45, 7) is 2.22. The van der Waals surface area contributed by atoms with Crippen molar-refractivity contribution in [3.8, 4) is 11.4 Å². The number of hydrogen-bond acceptors (Lipinski definition) is 7. The Morgan fingerprint density at radius 2 is 1.96 bits per heavy atom. The largest absolute Gasteiger partial charge is 0.453 e. The van der Waals surface area contributed by atoms with Gasteiger partial charge in [0.1, 0.15) is 0 Å². The van der Waals surface area contributed by atoms with E-state index in [4.69, 9.17) is 0 Å². The van der Waals surface area contributed by atoms with Crippen molar-refractivity contribution >= 4 is 23.8 Å². The van der Waals surface area contributed by atoms with Gasteiger partial charge < -0.3 is 4.74 Å². The second-order valence-electron chi connectivity index (χ2n) is 5.86. The Balaban J connectivity index is 1.89. The Bertz CT molecular complexity index is 947. The lowest BCUT2D eigenvalue weighted by molar-refractivity contribution is -0.119. The molecule has 2 heterocycles. The number of amides is 2. The summed E-state index contributed by atoms with van der Waals surface area (Å²) >= 11 is 1.21. The molecule has 1 aromatic carbocycles. The van der Waals surface area contributed by atoms with E-state index in [9.17, 15) is 9.59 Å². The monoisotopic (exact) mass is 397 g/mol. The summed E-state index contributed by atoms with van der Waals surface area (Å²) in [5.41, 5.74) is 1.89. The van der Waals surface area contributed by atoms with E-state index in [0.29, 0.717) is 17.5 Å². The van der Waals surface area contributed by atoms with Gasteiger partial charge in [0.25, 0.3) is 0 Å². The number of ether oxygens (including phenoxy) is 1. The van der Waals surface area contributed by atoms with Crippen molar-refractivity contribution in [2.24, 2.45) is 0 Å². The third kappa shape index (κ3) is 4.74. The highest BCUT2D eigenvalue weighted by atomic mass is 32.2. The number of nitrogens with zero attached hydrogens (tertiary/aromatic N) is 4. The molecule has 0 aliphatic rings. The molecular formula is C19H19N5O3S. The molecule has 0 unspecified atom stereocenters. The van der Waals surface area contributed by atoms with Crippen LogP contribution in [0.5, 0.6) is 0 Å². The number of pyridine rings is 1. The number of hydrogen-bond donors (Lipinski definition) is 1. The molecule has 1 N–H and O–H groups in total. The number of carbonyl (C=O) groups excluding carboxylic acids is 2. The number of benzene rings is 1. The van der Waals surface area contributed by atoms with E-state index < -0.39 is 17.3 Å². The van der Waals surface area contributed by atoms with Gasteiger partial charge in [-0.15, -0.1) is 10.2 Å². The SMILES string of the molecule is COC(=O)NC(=O)[C@H](C)Sc1nnc(-c2cccnc2)n1Cc1ccccc1. The lowest BCUT2D eigenvalue weighted by Gasteiger charge is -2.13. The van der Waals surface area contributed by atoms with Gasteiger partial charge in [0.15, 0.2) is 11.0 Å². The van der Waals surface area contributed by atoms with Crippen molar-refractivity contribution < 1.29 is 14.3 Å². The molecule has 2 amide bonds. The van der Waals surface area contributed by atoms with Crippen LogP contribution in [0.15, 0.2) is 60.0 Å². The molecule has 0 radical (unpaired) electrons. The zero-order valence-electron chi connectivity index (χ0n) is 15.4. The first-order valence-corrected chi connectivity index (χ1v) is 9.39. The zero-order chi connectivity index (χ0) is 19.9. The third-order valence-corrected chi connectivity index (χ3v) is 4.96. The number of nitrogens with one attached hydrogen (secondary N) is 1. The number of methoxy groups -OCH3 is 1. The van der Waals surface area contributed by atoms with Crippen LogP contribution >= 0.6 is 11.8 Å². The first-order valence-electron chi connectivity index (χ1n) is 8.51. The van der Waals surface area contributed by atoms with E-state index in [2.05, 4.69) is 25.2 Å². The number of carbonyl (C=O) groups is 2. The maximum Gasteiger partial charge on any atom is 0.413 e. The summed E-state index contributed by atoms with van der Waals surface area (Å²) in [7, 11) is 1.21. The summed E-state index contributed by atoms with van der Waals surface area (Å²) in [5.74, 6) is 0.189. The molecule has 0 saturated carbocycles. The Hall–Kier alpha value is -3.20. The number of alkyl carbamates (subject to hydrolysis) is 1. The maximum atomic E-state index is 12.2. The highest BCUT2D eigenvalue weighted by molar-refractivity contribution is 8.00. The number of thioether (sulfide) groups is 1. The van der Waals surface area contributed by atoms with Crippen LogP contribution in [-0.4, -0.2) is 44.1 Å². The molecule has 0 spiro atoms. The van der Waals surface area contributed by atoms with E-state index in [-0.39, 0.29) is 0 Å². The van der Waals surface area contributed by atoms with Crippen LogP contribution < -0.4 is 5.32 Å². The second-order valence-corrected chi connectivity index (χ2v) is 7.17. The van der Waals surface area contributed by atoms with Crippen LogP contribution in [0, 0.1) is 0 Å². The predicted octanol–water partition coefficient (Wildman–Crippen LogP) is 2.75. The molecule has 3 aromatic rings. The molecule has 0 aliphatic heterocycles. The van der Waals surface area contributed by atoms with Gasteiger partial charge in [-0.05, 0) is 24.6 Å². The van der Waals surface area contributed by atoms with Crippen LogP contribution in [0.4, 0.5) is 4.79 Å². The van der Waals surface area contributed by atoms with Gasteiger partial charge in [0, 0.05) is 18.0 Å². The predicted molar refractivity (Wildman–Crippen MR) is 105 cm³/mol. The third-order valence-electron chi connectivity index (χ3n) is 3.88. The lowest BCUT2D eigenvalue weighted by atomic mass is 10.2.